The number of nitrogens with zero attached hydrogens (tertiary/aromatic N) is 2. The fraction of sp³-hybridized carbons (Fsp3) is 0.290. The molecule has 5 rings (SSSR count). The zero-order valence-electron chi connectivity index (χ0n) is 22.7. The van der Waals surface area contributed by atoms with Crippen molar-refractivity contribution in [3.8, 4) is 34.3 Å². The molecule has 1 fully saturated rings. The molecule has 2 heterocycles. The minimum Gasteiger partial charge on any atom is -0.507 e. The van der Waals surface area contributed by atoms with Crippen LogP contribution in [-0.4, -0.2) is 73.4 Å². The minimum atomic E-state index is -0.773. The average molecular weight is 545 g/mol. The Morgan fingerprint density at radius 2 is 1.68 bits per heavy atom. The van der Waals surface area contributed by atoms with Gasteiger partial charge in [0.25, 0.3) is 0 Å². The van der Waals surface area contributed by atoms with E-state index in [4.69, 9.17) is 13.9 Å². The summed E-state index contributed by atoms with van der Waals surface area (Å²) in [6, 6.07) is 16.8. The predicted octanol–water partition coefficient (Wildman–Crippen LogP) is 4.18. The summed E-state index contributed by atoms with van der Waals surface area (Å²) < 4.78 is 17.3. The van der Waals surface area contributed by atoms with E-state index in [0.29, 0.717) is 35.7 Å². The second-order valence-corrected chi connectivity index (χ2v) is 9.92. The molecule has 9 heteroatoms. The van der Waals surface area contributed by atoms with Crippen molar-refractivity contribution in [3.63, 3.8) is 0 Å². The van der Waals surface area contributed by atoms with Gasteiger partial charge in [-0.05, 0) is 13.1 Å². The Labute approximate surface area is 231 Å². The molecule has 0 unspecified atom stereocenters. The number of benzene rings is 3. The number of carbonyl (C=O) groups is 1. The van der Waals surface area contributed by atoms with E-state index in [1.54, 1.807) is 42.3 Å². The molecule has 4 aromatic rings. The largest absolute Gasteiger partial charge is 0.507 e. The van der Waals surface area contributed by atoms with Crippen LogP contribution in [-0.2, 0) is 4.79 Å². The van der Waals surface area contributed by atoms with Crippen molar-refractivity contribution in [3.05, 3.63) is 82.0 Å². The van der Waals surface area contributed by atoms with Crippen molar-refractivity contribution in [2.24, 2.45) is 0 Å². The third-order valence-corrected chi connectivity index (χ3v) is 7.46. The molecule has 1 amide bonds. The number of hydrogen-bond donors (Lipinski definition) is 2. The SMILES string of the molecule is COc1ccc([C@H](CC(=O)N2CCN(C)CC2)c2c(O)cc(O)c3c(=O)cc(-c4ccccc4)oc23)c(OC)c1. The van der Waals surface area contributed by atoms with E-state index in [2.05, 4.69) is 4.90 Å². The molecule has 0 bridgehead atoms. The maximum absolute atomic E-state index is 13.7. The maximum Gasteiger partial charge on any atom is 0.223 e. The smallest absolute Gasteiger partial charge is 0.223 e. The molecule has 1 aromatic heterocycles. The van der Waals surface area contributed by atoms with Crippen LogP contribution < -0.4 is 14.9 Å². The summed E-state index contributed by atoms with van der Waals surface area (Å²) in [5.41, 5.74) is 1.01. The van der Waals surface area contributed by atoms with Gasteiger partial charge in [-0.2, -0.15) is 0 Å². The minimum absolute atomic E-state index is 0.0119. The molecule has 40 heavy (non-hydrogen) atoms. The Morgan fingerprint density at radius 3 is 2.35 bits per heavy atom. The molecule has 0 radical (unpaired) electrons. The van der Waals surface area contributed by atoms with E-state index in [9.17, 15) is 19.8 Å². The maximum atomic E-state index is 13.7. The highest BCUT2D eigenvalue weighted by atomic mass is 16.5. The topological polar surface area (TPSA) is 113 Å². The molecule has 0 saturated carbocycles. The zero-order valence-corrected chi connectivity index (χ0v) is 22.7. The highest BCUT2D eigenvalue weighted by Crippen LogP contribution is 2.45. The van der Waals surface area contributed by atoms with Gasteiger partial charge in [0.15, 0.2) is 5.43 Å². The van der Waals surface area contributed by atoms with Crippen molar-refractivity contribution in [2.45, 2.75) is 12.3 Å². The van der Waals surface area contributed by atoms with Crippen LogP contribution in [0.5, 0.6) is 23.0 Å². The summed E-state index contributed by atoms with van der Waals surface area (Å²) in [6.07, 6.45) is -0.0287. The first-order valence-corrected chi connectivity index (χ1v) is 13.1. The van der Waals surface area contributed by atoms with Gasteiger partial charge in [-0.3, -0.25) is 9.59 Å². The first kappa shape index (κ1) is 27.1. The fourth-order valence-electron chi connectivity index (χ4n) is 5.24. The summed E-state index contributed by atoms with van der Waals surface area (Å²) >= 11 is 0. The molecular formula is C31H32N2O7. The Hall–Kier alpha value is -4.50. The van der Waals surface area contributed by atoms with E-state index in [1.165, 1.54) is 13.2 Å². The summed E-state index contributed by atoms with van der Waals surface area (Å²) in [7, 11) is 5.07. The van der Waals surface area contributed by atoms with Crippen LogP contribution in [0, 0.1) is 0 Å². The normalized spacial score (nSPS) is 14.7. The molecule has 9 nitrogen and oxygen atoms in total. The van der Waals surface area contributed by atoms with Crippen molar-refractivity contribution in [1.82, 2.24) is 9.80 Å². The standard InChI is InChI=1S/C31H32N2O7/c1-32-11-13-33(14-12-32)28(37)16-22(21-10-9-20(38-2)15-27(21)39-3)29-23(34)17-24(35)30-25(36)18-26(40-31(29)30)19-7-5-4-6-8-19/h4-10,15,17-18,22,34-35H,11-14,16H2,1-3H3/t22-/m0/s1. The van der Waals surface area contributed by atoms with E-state index in [0.717, 1.165) is 19.2 Å². The van der Waals surface area contributed by atoms with Crippen molar-refractivity contribution in [1.29, 1.82) is 0 Å². The van der Waals surface area contributed by atoms with Gasteiger partial charge in [-0.15, -0.1) is 0 Å². The summed E-state index contributed by atoms with van der Waals surface area (Å²) in [5, 5.41) is 21.9. The average Bonchev–Trinajstić information content (AvgIpc) is 2.96. The van der Waals surface area contributed by atoms with Gasteiger partial charge in [0.2, 0.25) is 5.91 Å². The Morgan fingerprint density at radius 1 is 0.950 bits per heavy atom. The number of phenols is 2. The lowest BCUT2D eigenvalue weighted by Gasteiger charge is -2.33. The Kier molecular flexibility index (Phi) is 7.66. The molecule has 1 saturated heterocycles. The number of likely N-dealkylation sites (N-methyl/N-ethyl adjacent to an activating group) is 1. The van der Waals surface area contributed by atoms with E-state index >= 15 is 0 Å². The molecule has 3 aromatic carbocycles. The lowest BCUT2D eigenvalue weighted by molar-refractivity contribution is -0.133. The lowest BCUT2D eigenvalue weighted by Crippen LogP contribution is -2.47. The van der Waals surface area contributed by atoms with Gasteiger partial charge in [-0.25, -0.2) is 0 Å². The van der Waals surface area contributed by atoms with Crippen LogP contribution >= 0.6 is 0 Å². The monoisotopic (exact) mass is 544 g/mol. The predicted molar refractivity (Wildman–Crippen MR) is 151 cm³/mol. The van der Waals surface area contributed by atoms with Crippen LogP contribution in [0.1, 0.15) is 23.5 Å². The third-order valence-electron chi connectivity index (χ3n) is 7.46. The molecule has 1 aliphatic rings. The van der Waals surface area contributed by atoms with E-state index in [-0.39, 0.29) is 40.4 Å². The molecule has 2 N–H and O–H groups in total. The number of phenolic OH excluding ortho intramolecular Hbond substituents is 2. The number of aromatic hydroxyl groups is 2. The summed E-state index contributed by atoms with van der Waals surface area (Å²) in [6.45, 7) is 2.67. The van der Waals surface area contributed by atoms with Gasteiger partial charge in [-0.1, -0.05) is 36.4 Å². The first-order valence-electron chi connectivity index (χ1n) is 13.1. The molecular weight excluding hydrogens is 512 g/mol. The fourth-order valence-corrected chi connectivity index (χ4v) is 5.24. The third kappa shape index (κ3) is 5.20. The number of hydrogen-bond acceptors (Lipinski definition) is 8. The molecule has 0 spiro atoms. The summed E-state index contributed by atoms with van der Waals surface area (Å²) in [5.74, 6) is -0.318. The van der Waals surface area contributed by atoms with E-state index < -0.39 is 17.1 Å². The quantitative estimate of drug-likeness (QED) is 0.356. The first-order chi connectivity index (χ1) is 19.3. The van der Waals surface area contributed by atoms with Crippen LogP contribution in [0.3, 0.4) is 0 Å². The number of ether oxygens (including phenoxy) is 2. The second kappa shape index (κ2) is 11.3. The molecule has 0 aliphatic carbocycles. The number of rotatable bonds is 7. The van der Waals surface area contributed by atoms with Gasteiger partial charge in [0.05, 0.1) is 14.2 Å². The number of fused-ring (bicyclic) bond motifs is 1. The Bertz CT molecular complexity index is 1590. The highest BCUT2D eigenvalue weighted by molar-refractivity contribution is 5.91. The van der Waals surface area contributed by atoms with Crippen molar-refractivity contribution in [2.75, 3.05) is 47.4 Å². The van der Waals surface area contributed by atoms with Gasteiger partial charge >= 0.3 is 0 Å². The van der Waals surface area contributed by atoms with Crippen LogP contribution in [0.4, 0.5) is 0 Å². The summed E-state index contributed by atoms with van der Waals surface area (Å²) in [4.78, 5) is 30.9. The number of methoxy groups -OCH3 is 2. The van der Waals surface area contributed by atoms with Gasteiger partial charge in [0.1, 0.15) is 39.7 Å². The second-order valence-electron chi connectivity index (χ2n) is 9.92. The number of carbonyl (C=O) groups excluding carboxylic acids is 1. The molecule has 1 atom stereocenters. The number of amides is 1. The van der Waals surface area contributed by atoms with Crippen molar-refractivity contribution < 1.29 is 28.9 Å². The Balaban J connectivity index is 1.73. The number of piperazine rings is 1. The van der Waals surface area contributed by atoms with Gasteiger partial charge in [0, 0.05) is 73.4 Å². The van der Waals surface area contributed by atoms with Crippen LogP contribution in [0.2, 0.25) is 0 Å². The molecule has 1 aliphatic heterocycles. The van der Waals surface area contributed by atoms with E-state index in [1.807, 2.05) is 25.2 Å². The lowest BCUT2D eigenvalue weighted by atomic mass is 9.85. The van der Waals surface area contributed by atoms with Crippen molar-refractivity contribution >= 4 is 16.9 Å². The highest BCUT2D eigenvalue weighted by Gasteiger charge is 2.32. The zero-order chi connectivity index (χ0) is 28.4. The molecule has 208 valence electrons. The van der Waals surface area contributed by atoms with Crippen LogP contribution in [0.25, 0.3) is 22.3 Å². The van der Waals surface area contributed by atoms with Crippen LogP contribution in [0.15, 0.2) is 69.9 Å². The van der Waals surface area contributed by atoms with Gasteiger partial charge < -0.3 is 33.9 Å².